The van der Waals surface area contributed by atoms with Gasteiger partial charge < -0.3 is 18.9 Å². The standard InChI is InChI=1S/C31H29Cl2N3O7S/c1-40-28-14-10-24(33)16-27(28)36(44(38,39)26-13-15-29(41-2)30(17-26)42-3)19-31(37)35-34-18-21-6-11-25(12-7-21)43-20-22-4-8-23(32)9-5-22/h4-18H,19-20H2,1-3H3,(H,35,37)/b34-18-. The number of carbonyl (C=O) groups is 1. The van der Waals surface area contributed by atoms with Gasteiger partial charge in [-0.15, -0.1) is 0 Å². The lowest BCUT2D eigenvalue weighted by Gasteiger charge is -2.25. The van der Waals surface area contributed by atoms with E-state index in [0.29, 0.717) is 28.7 Å². The number of amides is 1. The van der Waals surface area contributed by atoms with E-state index in [1.165, 1.54) is 57.9 Å². The van der Waals surface area contributed by atoms with Crippen molar-refractivity contribution in [1.82, 2.24) is 5.43 Å². The number of carbonyl (C=O) groups excluding carboxylic acids is 1. The SMILES string of the molecule is COc1ccc(S(=O)(=O)N(CC(=O)N/N=C\c2ccc(OCc3ccc(Cl)cc3)cc2)c2cc(Cl)ccc2OC)cc1OC. The third kappa shape index (κ3) is 8.13. The number of methoxy groups -OCH3 is 3. The lowest BCUT2D eigenvalue weighted by atomic mass is 10.2. The highest BCUT2D eigenvalue weighted by molar-refractivity contribution is 7.92. The molecule has 1 N–H and O–H groups in total. The Labute approximate surface area is 265 Å². The predicted octanol–water partition coefficient (Wildman–Crippen LogP) is 5.94. The van der Waals surface area contributed by atoms with Crippen molar-refractivity contribution in [3.63, 3.8) is 0 Å². The number of sulfonamides is 1. The van der Waals surface area contributed by atoms with Crippen LogP contribution in [0.5, 0.6) is 23.0 Å². The molecule has 4 rings (SSSR count). The Morgan fingerprint density at radius 2 is 1.45 bits per heavy atom. The Hall–Kier alpha value is -4.45. The molecule has 0 saturated carbocycles. The maximum atomic E-state index is 13.9. The minimum atomic E-state index is -4.34. The molecule has 0 saturated heterocycles. The van der Waals surface area contributed by atoms with Crippen LogP contribution in [0.2, 0.25) is 10.0 Å². The number of ether oxygens (including phenoxy) is 4. The minimum absolute atomic E-state index is 0.0584. The third-order valence-electron chi connectivity index (χ3n) is 6.24. The summed E-state index contributed by atoms with van der Waals surface area (Å²) >= 11 is 12.1. The average Bonchev–Trinajstić information content (AvgIpc) is 3.03. The Morgan fingerprint density at radius 3 is 2.11 bits per heavy atom. The van der Waals surface area contributed by atoms with E-state index in [1.807, 2.05) is 12.1 Å². The third-order valence-corrected chi connectivity index (χ3v) is 8.48. The molecular formula is C31H29Cl2N3O7S. The van der Waals surface area contributed by atoms with E-state index >= 15 is 0 Å². The predicted molar refractivity (Wildman–Crippen MR) is 170 cm³/mol. The van der Waals surface area contributed by atoms with Gasteiger partial charge in [0.2, 0.25) is 0 Å². The highest BCUT2D eigenvalue weighted by atomic mass is 35.5. The summed E-state index contributed by atoms with van der Waals surface area (Å²) in [6.07, 6.45) is 1.42. The van der Waals surface area contributed by atoms with E-state index in [9.17, 15) is 13.2 Å². The molecule has 10 nitrogen and oxygen atoms in total. The largest absolute Gasteiger partial charge is 0.495 e. The Balaban J connectivity index is 1.50. The van der Waals surface area contributed by atoms with Crippen LogP contribution < -0.4 is 28.7 Å². The van der Waals surface area contributed by atoms with Crippen LogP contribution in [0.3, 0.4) is 0 Å². The van der Waals surface area contributed by atoms with Crippen molar-refractivity contribution in [2.24, 2.45) is 5.10 Å². The second-order valence-corrected chi connectivity index (χ2v) is 11.9. The fourth-order valence-corrected chi connectivity index (χ4v) is 5.74. The van der Waals surface area contributed by atoms with E-state index < -0.39 is 22.5 Å². The van der Waals surface area contributed by atoms with Crippen molar-refractivity contribution in [2.45, 2.75) is 11.5 Å². The van der Waals surface area contributed by atoms with E-state index in [2.05, 4.69) is 10.5 Å². The zero-order chi connectivity index (χ0) is 31.7. The molecule has 0 aliphatic heterocycles. The van der Waals surface area contributed by atoms with Crippen LogP contribution >= 0.6 is 23.2 Å². The summed E-state index contributed by atoms with van der Waals surface area (Å²) in [7, 11) is -0.135. The first kappa shape index (κ1) is 32.5. The molecular weight excluding hydrogens is 629 g/mol. The number of hydrogen-bond acceptors (Lipinski definition) is 8. The van der Waals surface area contributed by atoms with Crippen molar-refractivity contribution >= 4 is 51.0 Å². The van der Waals surface area contributed by atoms with E-state index in [4.69, 9.17) is 42.1 Å². The lowest BCUT2D eigenvalue weighted by Crippen LogP contribution is -2.39. The summed E-state index contributed by atoms with van der Waals surface area (Å²) in [5.74, 6) is 0.657. The maximum Gasteiger partial charge on any atom is 0.265 e. The van der Waals surface area contributed by atoms with Gasteiger partial charge in [0.1, 0.15) is 24.7 Å². The Morgan fingerprint density at radius 1 is 0.818 bits per heavy atom. The minimum Gasteiger partial charge on any atom is -0.495 e. The van der Waals surface area contributed by atoms with Gasteiger partial charge in [-0.2, -0.15) is 5.10 Å². The highest BCUT2D eigenvalue weighted by Crippen LogP contribution is 2.37. The van der Waals surface area contributed by atoms with Crippen LogP contribution in [0, 0.1) is 0 Å². The monoisotopic (exact) mass is 657 g/mol. The molecule has 0 unspecified atom stereocenters. The first-order chi connectivity index (χ1) is 21.1. The number of hydrogen-bond donors (Lipinski definition) is 1. The zero-order valence-electron chi connectivity index (χ0n) is 24.0. The second-order valence-electron chi connectivity index (χ2n) is 9.12. The Kier molecular flexibility index (Phi) is 10.9. The second kappa shape index (κ2) is 14.8. The summed E-state index contributed by atoms with van der Waals surface area (Å²) in [5, 5.41) is 4.89. The molecule has 4 aromatic carbocycles. The molecule has 230 valence electrons. The molecule has 0 aliphatic rings. The smallest absolute Gasteiger partial charge is 0.265 e. The highest BCUT2D eigenvalue weighted by Gasteiger charge is 2.30. The molecule has 0 aromatic heterocycles. The first-order valence-electron chi connectivity index (χ1n) is 13.0. The van der Waals surface area contributed by atoms with Crippen LogP contribution in [0.4, 0.5) is 5.69 Å². The number of benzene rings is 4. The topological polar surface area (TPSA) is 116 Å². The summed E-state index contributed by atoms with van der Waals surface area (Å²) in [6, 6.07) is 23.0. The molecule has 0 heterocycles. The molecule has 0 fully saturated rings. The van der Waals surface area contributed by atoms with Crippen molar-refractivity contribution in [3.8, 4) is 23.0 Å². The fourth-order valence-electron chi connectivity index (χ4n) is 4.00. The number of anilines is 1. The van der Waals surface area contributed by atoms with Crippen molar-refractivity contribution in [3.05, 3.63) is 106 Å². The number of halogens is 2. The van der Waals surface area contributed by atoms with Gasteiger partial charge in [0.25, 0.3) is 15.9 Å². The molecule has 0 bridgehead atoms. The number of hydrazone groups is 1. The van der Waals surface area contributed by atoms with Crippen LogP contribution in [0.1, 0.15) is 11.1 Å². The average molecular weight is 659 g/mol. The van der Waals surface area contributed by atoms with Crippen LogP contribution in [-0.4, -0.2) is 48.4 Å². The van der Waals surface area contributed by atoms with E-state index in [-0.39, 0.29) is 27.1 Å². The van der Waals surface area contributed by atoms with Gasteiger partial charge in [-0.25, -0.2) is 13.8 Å². The lowest BCUT2D eigenvalue weighted by molar-refractivity contribution is -0.119. The number of nitrogens with zero attached hydrogens (tertiary/aromatic N) is 2. The van der Waals surface area contributed by atoms with E-state index in [1.54, 1.807) is 42.5 Å². The molecule has 1 amide bonds. The van der Waals surface area contributed by atoms with Gasteiger partial charge in [0.15, 0.2) is 11.5 Å². The molecule has 13 heteroatoms. The van der Waals surface area contributed by atoms with Gasteiger partial charge >= 0.3 is 0 Å². The summed E-state index contributed by atoms with van der Waals surface area (Å²) in [4.78, 5) is 12.9. The van der Waals surface area contributed by atoms with Gasteiger partial charge in [0.05, 0.1) is 38.1 Å². The number of rotatable bonds is 13. The van der Waals surface area contributed by atoms with E-state index in [0.717, 1.165) is 9.87 Å². The molecule has 0 radical (unpaired) electrons. The zero-order valence-corrected chi connectivity index (χ0v) is 26.3. The van der Waals surface area contributed by atoms with Gasteiger partial charge in [-0.1, -0.05) is 35.3 Å². The van der Waals surface area contributed by atoms with Crippen LogP contribution in [0.15, 0.2) is 94.9 Å². The summed E-state index contributed by atoms with van der Waals surface area (Å²) < 4.78 is 50.4. The molecule has 0 spiro atoms. The van der Waals surface area contributed by atoms with Gasteiger partial charge in [0, 0.05) is 16.1 Å². The summed E-state index contributed by atoms with van der Waals surface area (Å²) in [6.45, 7) is -0.261. The molecule has 0 atom stereocenters. The normalized spacial score (nSPS) is 11.2. The van der Waals surface area contributed by atoms with Crippen LogP contribution in [-0.2, 0) is 21.4 Å². The van der Waals surface area contributed by atoms with Crippen molar-refractivity contribution < 1.29 is 32.2 Å². The van der Waals surface area contributed by atoms with Gasteiger partial charge in [-0.05, 0) is 77.9 Å². The molecule has 4 aromatic rings. The molecule has 0 aliphatic carbocycles. The number of nitrogens with one attached hydrogen (secondary N) is 1. The van der Waals surface area contributed by atoms with Gasteiger partial charge in [-0.3, -0.25) is 9.10 Å². The quantitative estimate of drug-likeness (QED) is 0.140. The Bertz CT molecular complexity index is 1730. The maximum absolute atomic E-state index is 13.9. The summed E-state index contributed by atoms with van der Waals surface area (Å²) in [5.41, 5.74) is 4.08. The first-order valence-corrected chi connectivity index (χ1v) is 15.2. The van der Waals surface area contributed by atoms with Crippen molar-refractivity contribution in [1.29, 1.82) is 0 Å². The van der Waals surface area contributed by atoms with Crippen molar-refractivity contribution in [2.75, 3.05) is 32.2 Å². The molecule has 44 heavy (non-hydrogen) atoms. The fraction of sp³-hybridized carbons (Fsp3) is 0.161. The van der Waals surface area contributed by atoms with Crippen LogP contribution in [0.25, 0.3) is 0 Å².